The number of aliphatic imine (C=N–C) groups is 1. The van der Waals surface area contributed by atoms with Gasteiger partial charge >= 0.3 is 0 Å². The second kappa shape index (κ2) is 12.0. The van der Waals surface area contributed by atoms with Gasteiger partial charge in [0.15, 0.2) is 0 Å². The lowest BCUT2D eigenvalue weighted by atomic mass is 10.0. The van der Waals surface area contributed by atoms with Crippen LogP contribution in [0, 0.1) is 0 Å². The van der Waals surface area contributed by atoms with Crippen LogP contribution in [-0.2, 0) is 19.5 Å². The predicted octanol–water partition coefficient (Wildman–Crippen LogP) is 3.90. The number of hydrogen-bond acceptors (Lipinski definition) is 8. The van der Waals surface area contributed by atoms with Crippen LogP contribution in [0.15, 0.2) is 72.3 Å². The third kappa shape index (κ3) is 6.59. The van der Waals surface area contributed by atoms with Crippen molar-refractivity contribution in [2.75, 3.05) is 24.3 Å². The van der Waals surface area contributed by atoms with Crippen molar-refractivity contribution in [1.29, 1.82) is 0 Å². The topological polar surface area (TPSA) is 127 Å². The molecule has 1 aliphatic heterocycles. The summed E-state index contributed by atoms with van der Waals surface area (Å²) in [6, 6.07) is 11.2. The van der Waals surface area contributed by atoms with Gasteiger partial charge < -0.3 is 26.4 Å². The van der Waals surface area contributed by atoms with E-state index in [0.29, 0.717) is 24.5 Å². The second-order valence-electron chi connectivity index (χ2n) is 8.64. The lowest BCUT2D eigenvalue weighted by Gasteiger charge is -2.13. The van der Waals surface area contributed by atoms with Gasteiger partial charge in [0.25, 0.3) is 5.91 Å². The van der Waals surface area contributed by atoms with E-state index in [9.17, 15) is 4.79 Å². The Morgan fingerprint density at radius 3 is 2.81 bits per heavy atom. The van der Waals surface area contributed by atoms with Gasteiger partial charge in [0.1, 0.15) is 23.2 Å². The number of ether oxygens (including phenoxy) is 1. The number of rotatable bonds is 10. The van der Waals surface area contributed by atoms with Gasteiger partial charge in [-0.3, -0.25) is 4.79 Å². The molecule has 0 unspecified atom stereocenters. The van der Waals surface area contributed by atoms with Gasteiger partial charge in [-0.05, 0) is 54.9 Å². The molecule has 1 aromatic carbocycles. The van der Waals surface area contributed by atoms with Crippen LogP contribution in [-0.4, -0.2) is 35.7 Å². The first-order valence-electron chi connectivity index (χ1n) is 12.0. The molecule has 3 aromatic rings. The van der Waals surface area contributed by atoms with Gasteiger partial charge in [0.2, 0.25) is 0 Å². The smallest absolute Gasteiger partial charge is 0.256 e. The van der Waals surface area contributed by atoms with Gasteiger partial charge in [-0.2, -0.15) is 0 Å². The molecular weight excluding hydrogens is 466 g/mol. The predicted molar refractivity (Wildman–Crippen MR) is 148 cm³/mol. The largest absolute Gasteiger partial charge is 0.492 e. The van der Waals surface area contributed by atoms with E-state index >= 15 is 0 Å². The highest BCUT2D eigenvalue weighted by Crippen LogP contribution is 2.37. The van der Waals surface area contributed by atoms with Crippen molar-refractivity contribution in [2.24, 2.45) is 10.7 Å². The molecule has 5 N–H and O–H groups in total. The fourth-order valence-corrected chi connectivity index (χ4v) is 3.96. The lowest BCUT2D eigenvalue weighted by Crippen LogP contribution is -2.14. The monoisotopic (exact) mass is 497 g/mol. The highest BCUT2D eigenvalue weighted by atomic mass is 16.5. The molecule has 0 radical (unpaired) electrons. The van der Waals surface area contributed by atoms with E-state index in [2.05, 4.69) is 37.5 Å². The Morgan fingerprint density at radius 2 is 2.05 bits per heavy atom. The molecule has 2 aromatic heterocycles. The Bertz CT molecular complexity index is 1350. The number of amides is 1. The Hall–Kier alpha value is -4.50. The van der Waals surface area contributed by atoms with Crippen LogP contribution in [0.1, 0.15) is 39.5 Å². The number of allylic oxidation sites excluding steroid dienone is 2. The zero-order chi connectivity index (χ0) is 26.2. The maximum absolute atomic E-state index is 12.8. The van der Waals surface area contributed by atoms with Crippen molar-refractivity contribution in [3.05, 3.63) is 95.1 Å². The molecule has 9 nitrogen and oxygen atoms in total. The maximum atomic E-state index is 12.8. The van der Waals surface area contributed by atoms with Crippen LogP contribution >= 0.6 is 0 Å². The average Bonchev–Trinajstić information content (AvgIpc) is 3.39. The first kappa shape index (κ1) is 25.6. The van der Waals surface area contributed by atoms with Crippen molar-refractivity contribution in [2.45, 2.75) is 26.4 Å². The maximum Gasteiger partial charge on any atom is 0.256 e. The SMILES string of the molecule is C=C(N)/N=C\C=C(/C)c1cnc(NCc2cccc(C(=O)Nc3ccc(CNC)cn3)c2)c2c1OCC2. The molecule has 0 saturated heterocycles. The number of nitrogens with zero attached hydrogens (tertiary/aromatic N) is 3. The molecule has 1 amide bonds. The minimum atomic E-state index is -0.212. The molecule has 0 saturated carbocycles. The van der Waals surface area contributed by atoms with Crippen LogP contribution in [0.3, 0.4) is 0 Å². The summed E-state index contributed by atoms with van der Waals surface area (Å²) in [5.41, 5.74) is 11.0. The molecule has 4 rings (SSSR count). The lowest BCUT2D eigenvalue weighted by molar-refractivity contribution is 0.102. The number of pyridine rings is 2. The van der Waals surface area contributed by atoms with Gasteiger partial charge in [0.05, 0.1) is 6.61 Å². The van der Waals surface area contributed by atoms with Crippen LogP contribution < -0.4 is 26.4 Å². The molecule has 0 atom stereocenters. The molecule has 190 valence electrons. The molecular formula is C28H31N7O2. The van der Waals surface area contributed by atoms with Gasteiger partial charge in [-0.25, -0.2) is 15.0 Å². The molecule has 3 heterocycles. The van der Waals surface area contributed by atoms with Crippen LogP contribution in [0.25, 0.3) is 5.57 Å². The summed E-state index contributed by atoms with van der Waals surface area (Å²) in [4.78, 5) is 25.7. The van der Waals surface area contributed by atoms with Crippen LogP contribution in [0.4, 0.5) is 11.6 Å². The number of benzene rings is 1. The Balaban J connectivity index is 1.43. The second-order valence-corrected chi connectivity index (χ2v) is 8.64. The van der Waals surface area contributed by atoms with Gasteiger partial charge in [-0.1, -0.05) is 24.8 Å². The normalized spacial score (nSPS) is 12.8. The number of nitrogens with two attached hydrogens (primary N) is 1. The summed E-state index contributed by atoms with van der Waals surface area (Å²) in [5, 5.41) is 9.33. The average molecular weight is 498 g/mol. The standard InChI is InChI=1S/C28H31N7O2/c1-18(9-11-31-19(2)29)24-17-34-27(23-10-12-37-26(23)24)33-15-20-5-4-6-22(13-20)28(36)35-25-8-7-21(14-30-3)16-32-25/h4-9,11,13,16-17,30H,2,10,12,14-15,29H2,1,3H3,(H,33,34)(H,32,35,36)/b18-9+,31-11-. The third-order valence-corrected chi connectivity index (χ3v) is 5.81. The summed E-state index contributed by atoms with van der Waals surface area (Å²) >= 11 is 0. The molecule has 0 bridgehead atoms. The number of nitrogens with one attached hydrogen (secondary N) is 3. The van der Waals surface area contributed by atoms with Gasteiger partial charge in [-0.15, -0.1) is 0 Å². The Labute approximate surface area is 216 Å². The van der Waals surface area contributed by atoms with Crippen molar-refractivity contribution in [1.82, 2.24) is 15.3 Å². The van der Waals surface area contributed by atoms with E-state index in [4.69, 9.17) is 10.5 Å². The summed E-state index contributed by atoms with van der Waals surface area (Å²) in [6.07, 6.45) is 7.77. The first-order valence-corrected chi connectivity index (χ1v) is 12.0. The van der Waals surface area contributed by atoms with Crippen LogP contribution in [0.2, 0.25) is 0 Å². The van der Waals surface area contributed by atoms with E-state index in [-0.39, 0.29) is 11.7 Å². The van der Waals surface area contributed by atoms with Crippen LogP contribution in [0.5, 0.6) is 5.75 Å². The molecule has 0 aliphatic carbocycles. The van der Waals surface area contributed by atoms with Crippen molar-refractivity contribution in [3.8, 4) is 5.75 Å². The Kier molecular flexibility index (Phi) is 8.27. The minimum Gasteiger partial charge on any atom is -0.492 e. The third-order valence-electron chi connectivity index (χ3n) is 5.81. The fourth-order valence-electron chi connectivity index (χ4n) is 3.96. The zero-order valence-electron chi connectivity index (χ0n) is 21.0. The highest BCUT2D eigenvalue weighted by molar-refractivity contribution is 6.03. The summed E-state index contributed by atoms with van der Waals surface area (Å²) in [5.74, 6) is 2.15. The van der Waals surface area contributed by atoms with Crippen molar-refractivity contribution in [3.63, 3.8) is 0 Å². The molecule has 9 heteroatoms. The first-order chi connectivity index (χ1) is 17.9. The number of carbonyl (C=O) groups is 1. The van der Waals surface area contributed by atoms with Gasteiger partial charge in [0, 0.05) is 54.8 Å². The summed E-state index contributed by atoms with van der Waals surface area (Å²) in [7, 11) is 1.88. The fraction of sp³-hybridized carbons (Fsp3) is 0.214. The van der Waals surface area contributed by atoms with E-state index in [1.54, 1.807) is 30.7 Å². The number of carbonyl (C=O) groups excluding carboxylic acids is 1. The number of aromatic nitrogens is 2. The van der Waals surface area contributed by atoms with Crippen molar-refractivity contribution < 1.29 is 9.53 Å². The quantitative estimate of drug-likeness (QED) is 0.313. The van der Waals surface area contributed by atoms with E-state index in [1.165, 1.54) is 0 Å². The number of hydrogen-bond donors (Lipinski definition) is 4. The molecule has 1 aliphatic rings. The highest BCUT2D eigenvalue weighted by Gasteiger charge is 2.22. The molecule has 0 spiro atoms. The molecule has 37 heavy (non-hydrogen) atoms. The molecule has 0 fully saturated rings. The summed E-state index contributed by atoms with van der Waals surface area (Å²) < 4.78 is 5.93. The number of anilines is 2. The number of fused-ring (bicyclic) bond motifs is 1. The minimum absolute atomic E-state index is 0.212. The summed E-state index contributed by atoms with van der Waals surface area (Å²) in [6.45, 7) is 7.37. The van der Waals surface area contributed by atoms with E-state index in [0.717, 1.165) is 52.4 Å². The Morgan fingerprint density at radius 1 is 1.19 bits per heavy atom. The van der Waals surface area contributed by atoms with E-state index in [1.807, 2.05) is 44.3 Å². The van der Waals surface area contributed by atoms with E-state index < -0.39 is 0 Å². The van der Waals surface area contributed by atoms with Crippen molar-refractivity contribution >= 4 is 29.3 Å². The zero-order valence-corrected chi connectivity index (χ0v) is 21.0.